The predicted molar refractivity (Wildman–Crippen MR) is 71.6 cm³/mol. The van der Waals surface area contributed by atoms with Crippen molar-refractivity contribution >= 4 is 11.8 Å². The molecule has 1 amide bonds. The minimum absolute atomic E-state index is 0.190. The van der Waals surface area contributed by atoms with Gasteiger partial charge in [0.25, 0.3) is 0 Å². The molecule has 0 aliphatic carbocycles. The first-order chi connectivity index (χ1) is 8.67. The molecule has 1 atom stereocenters. The van der Waals surface area contributed by atoms with Crippen molar-refractivity contribution in [2.75, 3.05) is 5.32 Å². The van der Waals surface area contributed by atoms with Gasteiger partial charge in [-0.1, -0.05) is 0 Å². The molecule has 2 N–H and O–H groups in total. The van der Waals surface area contributed by atoms with Gasteiger partial charge in [-0.15, -0.1) is 0 Å². The maximum absolute atomic E-state index is 13.5. The van der Waals surface area contributed by atoms with Crippen LogP contribution in [0.3, 0.4) is 0 Å². The van der Waals surface area contributed by atoms with E-state index in [0.29, 0.717) is 11.3 Å². The van der Waals surface area contributed by atoms with Crippen molar-refractivity contribution in [1.82, 2.24) is 0 Å². The number of benzene rings is 1. The fourth-order valence-electron chi connectivity index (χ4n) is 1.55. The molecule has 19 heavy (non-hydrogen) atoms. The van der Waals surface area contributed by atoms with Crippen LogP contribution in [0.2, 0.25) is 0 Å². The quantitative estimate of drug-likeness (QED) is 0.886. The molecule has 0 aliphatic rings. The lowest BCUT2D eigenvalue weighted by molar-refractivity contribution is 0.0636. The smallest absolute Gasteiger partial charge is 0.412 e. The SMILES string of the molecule is CC(O)Cc1cc(NC(=O)OC(C)(C)C)ccc1F. The summed E-state index contributed by atoms with van der Waals surface area (Å²) in [7, 11) is 0. The highest BCUT2D eigenvalue weighted by Crippen LogP contribution is 2.17. The van der Waals surface area contributed by atoms with Gasteiger partial charge in [0.1, 0.15) is 11.4 Å². The number of halogens is 1. The van der Waals surface area contributed by atoms with Crippen molar-refractivity contribution in [3.8, 4) is 0 Å². The predicted octanol–water partition coefficient (Wildman–Crippen LogP) is 3.10. The fraction of sp³-hybridized carbons (Fsp3) is 0.500. The zero-order valence-corrected chi connectivity index (χ0v) is 11.7. The minimum Gasteiger partial charge on any atom is -0.444 e. The molecular formula is C14H20FNO3. The third-order valence-corrected chi connectivity index (χ3v) is 2.21. The molecule has 0 saturated carbocycles. The normalized spacial score (nSPS) is 12.9. The molecule has 5 heteroatoms. The van der Waals surface area contributed by atoms with Crippen LogP contribution in [-0.4, -0.2) is 22.9 Å². The number of anilines is 1. The van der Waals surface area contributed by atoms with Crippen LogP contribution in [0.1, 0.15) is 33.3 Å². The Bertz CT molecular complexity index is 452. The van der Waals surface area contributed by atoms with Gasteiger partial charge in [0.15, 0.2) is 0 Å². The van der Waals surface area contributed by atoms with Gasteiger partial charge < -0.3 is 9.84 Å². The summed E-state index contributed by atoms with van der Waals surface area (Å²) in [4.78, 5) is 11.6. The van der Waals surface area contributed by atoms with Crippen LogP contribution in [0.5, 0.6) is 0 Å². The van der Waals surface area contributed by atoms with Crippen molar-refractivity contribution in [3.63, 3.8) is 0 Å². The zero-order valence-electron chi connectivity index (χ0n) is 11.7. The average Bonchev–Trinajstić information content (AvgIpc) is 2.19. The molecule has 0 saturated heterocycles. The first-order valence-electron chi connectivity index (χ1n) is 6.14. The Labute approximate surface area is 112 Å². The second kappa shape index (κ2) is 6.02. The van der Waals surface area contributed by atoms with E-state index in [-0.39, 0.29) is 6.42 Å². The minimum atomic E-state index is -0.647. The molecule has 1 unspecified atom stereocenters. The monoisotopic (exact) mass is 269 g/mol. The van der Waals surface area contributed by atoms with E-state index in [1.54, 1.807) is 27.7 Å². The summed E-state index contributed by atoms with van der Waals surface area (Å²) in [5.74, 6) is -0.407. The molecule has 4 nitrogen and oxygen atoms in total. The Morgan fingerprint density at radius 3 is 2.63 bits per heavy atom. The van der Waals surface area contributed by atoms with Crippen LogP contribution >= 0.6 is 0 Å². The van der Waals surface area contributed by atoms with Gasteiger partial charge >= 0.3 is 6.09 Å². The Kier molecular flexibility index (Phi) is 4.89. The van der Waals surface area contributed by atoms with E-state index >= 15 is 0 Å². The molecule has 0 aromatic heterocycles. The lowest BCUT2D eigenvalue weighted by Crippen LogP contribution is -2.27. The molecule has 1 rings (SSSR count). The lowest BCUT2D eigenvalue weighted by atomic mass is 10.1. The first-order valence-corrected chi connectivity index (χ1v) is 6.14. The van der Waals surface area contributed by atoms with Crippen LogP contribution in [0.25, 0.3) is 0 Å². The Hall–Kier alpha value is -1.62. The summed E-state index contributed by atoms with van der Waals surface area (Å²) in [5, 5.41) is 11.8. The number of aliphatic hydroxyl groups excluding tert-OH is 1. The van der Waals surface area contributed by atoms with Gasteiger partial charge in [-0.25, -0.2) is 9.18 Å². The van der Waals surface area contributed by atoms with E-state index in [2.05, 4.69) is 5.32 Å². The second-order valence-corrected chi connectivity index (χ2v) is 5.49. The van der Waals surface area contributed by atoms with Gasteiger partial charge in [0.05, 0.1) is 6.10 Å². The number of carbonyl (C=O) groups is 1. The van der Waals surface area contributed by atoms with Crippen LogP contribution < -0.4 is 5.32 Å². The fourth-order valence-corrected chi connectivity index (χ4v) is 1.55. The van der Waals surface area contributed by atoms with E-state index in [1.807, 2.05) is 0 Å². The highest BCUT2D eigenvalue weighted by Gasteiger charge is 2.16. The number of nitrogens with one attached hydrogen (secondary N) is 1. The molecule has 106 valence electrons. The van der Waals surface area contributed by atoms with E-state index in [4.69, 9.17) is 4.74 Å². The summed E-state index contributed by atoms with van der Waals surface area (Å²) >= 11 is 0. The number of hydrogen-bond donors (Lipinski definition) is 2. The highest BCUT2D eigenvalue weighted by molar-refractivity contribution is 5.84. The number of hydrogen-bond acceptors (Lipinski definition) is 3. The Morgan fingerprint density at radius 1 is 1.47 bits per heavy atom. The molecule has 0 radical (unpaired) electrons. The average molecular weight is 269 g/mol. The van der Waals surface area contributed by atoms with Crippen LogP contribution in [0.15, 0.2) is 18.2 Å². The zero-order chi connectivity index (χ0) is 14.6. The van der Waals surface area contributed by atoms with Gasteiger partial charge in [-0.2, -0.15) is 0 Å². The molecule has 0 heterocycles. The Morgan fingerprint density at radius 2 is 2.11 bits per heavy atom. The van der Waals surface area contributed by atoms with Crippen molar-refractivity contribution in [2.24, 2.45) is 0 Å². The summed E-state index contributed by atoms with van der Waals surface area (Å²) in [6.07, 6.45) is -1.05. The standard InChI is InChI=1S/C14H20FNO3/c1-9(17)7-10-8-11(5-6-12(10)15)16-13(18)19-14(2,3)4/h5-6,8-9,17H,7H2,1-4H3,(H,16,18). The van der Waals surface area contributed by atoms with Crippen molar-refractivity contribution in [1.29, 1.82) is 0 Å². The Balaban J connectivity index is 2.77. The molecule has 0 aliphatic heterocycles. The largest absolute Gasteiger partial charge is 0.444 e. The van der Waals surface area contributed by atoms with Crippen molar-refractivity contribution in [3.05, 3.63) is 29.6 Å². The summed E-state index contributed by atoms with van der Waals surface area (Å²) in [5.41, 5.74) is 0.196. The highest BCUT2D eigenvalue weighted by atomic mass is 19.1. The van der Waals surface area contributed by atoms with E-state index in [1.165, 1.54) is 18.2 Å². The van der Waals surface area contributed by atoms with Crippen molar-refractivity contribution in [2.45, 2.75) is 45.8 Å². The second-order valence-electron chi connectivity index (χ2n) is 5.49. The summed E-state index contributed by atoms with van der Waals surface area (Å²) in [6.45, 7) is 6.86. The maximum Gasteiger partial charge on any atom is 0.412 e. The molecule has 1 aromatic rings. The number of ether oxygens (including phenoxy) is 1. The molecular weight excluding hydrogens is 249 g/mol. The molecule has 0 spiro atoms. The number of rotatable bonds is 3. The van der Waals surface area contributed by atoms with Crippen LogP contribution in [0, 0.1) is 5.82 Å². The van der Waals surface area contributed by atoms with Crippen LogP contribution in [0.4, 0.5) is 14.9 Å². The molecule has 0 bridgehead atoms. The van der Waals surface area contributed by atoms with Crippen LogP contribution in [-0.2, 0) is 11.2 Å². The van der Waals surface area contributed by atoms with Gasteiger partial charge in [-0.3, -0.25) is 5.32 Å². The number of amides is 1. The third-order valence-electron chi connectivity index (χ3n) is 2.21. The first kappa shape index (κ1) is 15.4. The molecule has 1 aromatic carbocycles. The van der Waals surface area contributed by atoms with Gasteiger partial charge in [0.2, 0.25) is 0 Å². The van der Waals surface area contributed by atoms with E-state index in [0.717, 1.165) is 0 Å². The summed E-state index contributed by atoms with van der Waals surface area (Å²) < 4.78 is 18.6. The topological polar surface area (TPSA) is 58.6 Å². The third kappa shape index (κ3) is 5.70. The number of carbonyl (C=O) groups excluding carboxylic acids is 1. The van der Waals surface area contributed by atoms with Gasteiger partial charge in [-0.05, 0) is 51.5 Å². The van der Waals surface area contributed by atoms with E-state index in [9.17, 15) is 14.3 Å². The maximum atomic E-state index is 13.5. The van der Waals surface area contributed by atoms with Gasteiger partial charge in [0, 0.05) is 12.1 Å². The number of aliphatic hydroxyl groups is 1. The lowest BCUT2D eigenvalue weighted by Gasteiger charge is -2.20. The summed E-state index contributed by atoms with van der Waals surface area (Å²) in [6, 6.07) is 4.20. The van der Waals surface area contributed by atoms with Crippen molar-refractivity contribution < 1.29 is 19.0 Å². The van der Waals surface area contributed by atoms with E-state index < -0.39 is 23.6 Å². The molecule has 0 fully saturated rings.